The first-order valence-corrected chi connectivity index (χ1v) is 11.3. The molecule has 3 rings (SSSR count). The molecule has 0 aliphatic rings. The summed E-state index contributed by atoms with van der Waals surface area (Å²) in [6.45, 7) is 3.59. The molecule has 0 fully saturated rings. The predicted molar refractivity (Wildman–Crippen MR) is 120 cm³/mol. The highest BCUT2D eigenvalue weighted by Gasteiger charge is 2.19. The number of nitrogens with one attached hydrogen (secondary N) is 2. The van der Waals surface area contributed by atoms with Crippen LogP contribution in [0.1, 0.15) is 22.0 Å². The monoisotopic (exact) mass is 454 g/mol. The van der Waals surface area contributed by atoms with E-state index >= 15 is 0 Å². The van der Waals surface area contributed by atoms with Crippen molar-refractivity contribution in [2.24, 2.45) is 0 Å². The van der Waals surface area contributed by atoms with Crippen LogP contribution in [0.3, 0.4) is 0 Å². The summed E-state index contributed by atoms with van der Waals surface area (Å²) in [5, 5.41) is 2.87. The Bertz CT molecular complexity index is 1170. The number of ether oxygens (including phenoxy) is 1. The lowest BCUT2D eigenvalue weighted by Crippen LogP contribution is -2.32. The van der Waals surface area contributed by atoms with Gasteiger partial charge >= 0.3 is 0 Å². The first-order valence-electron chi connectivity index (χ1n) is 9.84. The number of para-hydroxylation sites is 1. The van der Waals surface area contributed by atoms with Crippen molar-refractivity contribution in [3.05, 3.63) is 108 Å². The van der Waals surface area contributed by atoms with Crippen molar-refractivity contribution in [1.29, 1.82) is 0 Å². The van der Waals surface area contributed by atoms with Crippen LogP contribution in [0.2, 0.25) is 0 Å². The van der Waals surface area contributed by atoms with Gasteiger partial charge in [-0.3, -0.25) is 4.79 Å². The van der Waals surface area contributed by atoms with Gasteiger partial charge in [-0.2, -0.15) is 0 Å². The van der Waals surface area contributed by atoms with Gasteiger partial charge in [0.1, 0.15) is 6.61 Å². The van der Waals surface area contributed by atoms with Gasteiger partial charge < -0.3 is 10.1 Å². The fourth-order valence-corrected chi connectivity index (χ4v) is 3.92. The number of carbonyl (C=O) groups excluding carboxylic acids is 1. The number of halogens is 1. The van der Waals surface area contributed by atoms with Gasteiger partial charge in [0.15, 0.2) is 11.6 Å². The maximum Gasteiger partial charge on any atom is 0.251 e. The molecule has 166 valence electrons. The number of benzene rings is 3. The molecule has 8 heteroatoms. The first kappa shape index (κ1) is 23.2. The molecule has 6 nitrogen and oxygen atoms in total. The van der Waals surface area contributed by atoms with E-state index in [0.717, 1.165) is 5.56 Å². The molecule has 32 heavy (non-hydrogen) atoms. The summed E-state index contributed by atoms with van der Waals surface area (Å²) in [4.78, 5) is 12.9. The van der Waals surface area contributed by atoms with E-state index < -0.39 is 27.8 Å². The minimum absolute atomic E-state index is 0.00855. The number of hydrogen-bond acceptors (Lipinski definition) is 4. The second kappa shape index (κ2) is 10.7. The van der Waals surface area contributed by atoms with Gasteiger partial charge in [0, 0.05) is 12.1 Å². The number of hydrogen-bond donors (Lipinski definition) is 2. The third kappa shape index (κ3) is 6.03. The second-order valence-electron chi connectivity index (χ2n) is 6.84. The maximum absolute atomic E-state index is 13.9. The first-order chi connectivity index (χ1) is 15.4. The third-order valence-electron chi connectivity index (χ3n) is 4.59. The highest BCUT2D eigenvalue weighted by atomic mass is 32.2. The smallest absolute Gasteiger partial charge is 0.251 e. The summed E-state index contributed by atoms with van der Waals surface area (Å²) < 4.78 is 46.2. The zero-order chi connectivity index (χ0) is 23.0. The Balaban J connectivity index is 1.75. The molecule has 0 radical (unpaired) electrons. The Morgan fingerprint density at radius 2 is 1.66 bits per heavy atom. The van der Waals surface area contributed by atoms with Crippen molar-refractivity contribution >= 4 is 15.9 Å². The van der Waals surface area contributed by atoms with E-state index in [-0.39, 0.29) is 29.4 Å². The van der Waals surface area contributed by atoms with Crippen LogP contribution < -0.4 is 14.8 Å². The lowest BCUT2D eigenvalue weighted by molar-refractivity contribution is 0.0920. The SMILES string of the molecule is C=CCNS(=O)(=O)c1ccc(C(=O)N[C@H](COc2ccccc2F)c2ccccc2)cc1. The number of rotatable bonds is 10. The van der Waals surface area contributed by atoms with Crippen molar-refractivity contribution < 1.29 is 22.3 Å². The number of amides is 1. The molecular formula is C24H23FN2O4S. The largest absolute Gasteiger partial charge is 0.488 e. The van der Waals surface area contributed by atoms with Crippen LogP contribution >= 0.6 is 0 Å². The van der Waals surface area contributed by atoms with Gasteiger partial charge in [-0.05, 0) is 42.0 Å². The van der Waals surface area contributed by atoms with E-state index in [1.807, 2.05) is 30.3 Å². The summed E-state index contributed by atoms with van der Waals surface area (Å²) in [5.41, 5.74) is 1.06. The van der Waals surface area contributed by atoms with Crippen LogP contribution in [0.15, 0.2) is 96.4 Å². The minimum atomic E-state index is -3.68. The molecule has 0 saturated heterocycles. The molecule has 0 unspecified atom stereocenters. The standard InChI is InChI=1S/C24H23FN2O4S/c1-2-16-26-32(29,30)20-14-12-19(13-15-20)24(28)27-22(18-8-4-3-5-9-18)17-31-23-11-7-6-10-21(23)25/h2-15,22,26H,1,16-17H2,(H,27,28)/t22-/m1/s1. The van der Waals surface area contributed by atoms with Crippen LogP contribution in [-0.4, -0.2) is 27.5 Å². The molecule has 0 aliphatic carbocycles. The molecule has 0 heterocycles. The van der Waals surface area contributed by atoms with Gasteiger partial charge in [-0.1, -0.05) is 48.5 Å². The molecule has 0 saturated carbocycles. The summed E-state index contributed by atoms with van der Waals surface area (Å²) >= 11 is 0. The minimum Gasteiger partial charge on any atom is -0.488 e. The molecule has 0 spiro atoms. The number of carbonyl (C=O) groups is 1. The number of sulfonamides is 1. The van der Waals surface area contributed by atoms with Crippen LogP contribution in [0, 0.1) is 5.82 Å². The average molecular weight is 455 g/mol. The fraction of sp³-hybridized carbons (Fsp3) is 0.125. The lowest BCUT2D eigenvalue weighted by atomic mass is 10.1. The van der Waals surface area contributed by atoms with Crippen molar-refractivity contribution in [1.82, 2.24) is 10.0 Å². The van der Waals surface area contributed by atoms with E-state index in [0.29, 0.717) is 0 Å². The van der Waals surface area contributed by atoms with E-state index in [1.165, 1.54) is 42.5 Å². The maximum atomic E-state index is 13.9. The fourth-order valence-electron chi connectivity index (χ4n) is 2.92. The Labute approximate surface area is 186 Å². The Hall–Kier alpha value is -3.49. The highest BCUT2D eigenvalue weighted by molar-refractivity contribution is 7.89. The quantitative estimate of drug-likeness (QED) is 0.456. The Morgan fingerprint density at radius 1 is 1.00 bits per heavy atom. The molecular weight excluding hydrogens is 431 g/mol. The molecule has 1 atom stereocenters. The lowest BCUT2D eigenvalue weighted by Gasteiger charge is -2.20. The van der Waals surface area contributed by atoms with Gasteiger partial charge in [-0.15, -0.1) is 6.58 Å². The molecule has 2 N–H and O–H groups in total. The summed E-state index contributed by atoms with van der Waals surface area (Å²) in [6, 6.07) is 20.2. The average Bonchev–Trinajstić information content (AvgIpc) is 2.82. The molecule has 0 bridgehead atoms. The topological polar surface area (TPSA) is 84.5 Å². The van der Waals surface area contributed by atoms with E-state index in [2.05, 4.69) is 16.6 Å². The van der Waals surface area contributed by atoms with Gasteiger partial charge in [0.05, 0.1) is 10.9 Å². The summed E-state index contributed by atoms with van der Waals surface area (Å²) in [6.07, 6.45) is 1.44. The summed E-state index contributed by atoms with van der Waals surface area (Å²) in [5.74, 6) is -0.823. The van der Waals surface area contributed by atoms with Crippen molar-refractivity contribution in [2.75, 3.05) is 13.2 Å². The van der Waals surface area contributed by atoms with Crippen LogP contribution in [0.4, 0.5) is 4.39 Å². The Morgan fingerprint density at radius 3 is 2.31 bits per heavy atom. The summed E-state index contributed by atoms with van der Waals surface area (Å²) in [7, 11) is -3.68. The van der Waals surface area contributed by atoms with Gasteiger partial charge in [0.2, 0.25) is 10.0 Å². The van der Waals surface area contributed by atoms with Crippen LogP contribution in [-0.2, 0) is 10.0 Å². The second-order valence-corrected chi connectivity index (χ2v) is 8.61. The zero-order valence-electron chi connectivity index (χ0n) is 17.2. The third-order valence-corrected chi connectivity index (χ3v) is 6.03. The van der Waals surface area contributed by atoms with Gasteiger partial charge in [-0.25, -0.2) is 17.5 Å². The predicted octanol–water partition coefficient (Wildman–Crippen LogP) is 3.84. The molecule has 0 aromatic heterocycles. The molecule has 3 aromatic rings. The van der Waals surface area contributed by atoms with E-state index in [9.17, 15) is 17.6 Å². The van der Waals surface area contributed by atoms with E-state index in [1.54, 1.807) is 12.1 Å². The van der Waals surface area contributed by atoms with Crippen molar-refractivity contribution in [3.8, 4) is 5.75 Å². The van der Waals surface area contributed by atoms with Crippen LogP contribution in [0.25, 0.3) is 0 Å². The Kier molecular flexibility index (Phi) is 7.75. The molecule has 0 aliphatic heterocycles. The highest BCUT2D eigenvalue weighted by Crippen LogP contribution is 2.20. The van der Waals surface area contributed by atoms with Gasteiger partial charge in [0.25, 0.3) is 5.91 Å². The van der Waals surface area contributed by atoms with Crippen molar-refractivity contribution in [2.45, 2.75) is 10.9 Å². The molecule has 3 aromatic carbocycles. The van der Waals surface area contributed by atoms with Crippen LogP contribution in [0.5, 0.6) is 5.75 Å². The zero-order valence-corrected chi connectivity index (χ0v) is 18.0. The van der Waals surface area contributed by atoms with Crippen molar-refractivity contribution in [3.63, 3.8) is 0 Å². The van der Waals surface area contributed by atoms with E-state index in [4.69, 9.17) is 4.74 Å². The molecule has 1 amide bonds. The normalized spacial score (nSPS) is 12.0.